The first kappa shape index (κ1) is 13.8. The van der Waals surface area contributed by atoms with Crippen molar-refractivity contribution >= 4 is 10.4 Å². The lowest BCUT2D eigenvalue weighted by Crippen LogP contribution is -2.28. The van der Waals surface area contributed by atoms with E-state index in [4.69, 9.17) is 0 Å². The Morgan fingerprint density at radius 2 is 1.29 bits per heavy atom. The second-order valence-corrected chi connectivity index (χ2v) is 5.99. The molecule has 0 fully saturated rings. The lowest BCUT2D eigenvalue weighted by atomic mass is 10.2. The van der Waals surface area contributed by atoms with Crippen LogP contribution in [0.5, 0.6) is 0 Å². The van der Waals surface area contributed by atoms with Gasteiger partial charge in [-0.05, 0) is 41.5 Å². The molecule has 0 atom stereocenters. The molecule has 5 nitrogen and oxygen atoms in total. The second-order valence-electron chi connectivity index (χ2n) is 4.87. The summed E-state index contributed by atoms with van der Waals surface area (Å²) < 4.78 is 31.1. The van der Waals surface area contributed by atoms with Gasteiger partial charge in [0.25, 0.3) is 0 Å². The summed E-state index contributed by atoms with van der Waals surface area (Å²) in [6, 6.07) is 0. The van der Waals surface area contributed by atoms with Crippen molar-refractivity contribution in [3.05, 3.63) is 0 Å². The van der Waals surface area contributed by atoms with Gasteiger partial charge >= 0.3 is 10.4 Å². The highest BCUT2D eigenvalue weighted by Gasteiger charge is 2.26. The maximum Gasteiger partial charge on any atom is 0.427 e. The van der Waals surface area contributed by atoms with Crippen LogP contribution in [0.25, 0.3) is 0 Å². The molecule has 0 radical (unpaired) electrons. The van der Waals surface area contributed by atoms with Gasteiger partial charge < -0.3 is 0 Å². The van der Waals surface area contributed by atoms with Crippen LogP contribution >= 0.6 is 0 Å². The van der Waals surface area contributed by atoms with Crippen LogP contribution in [0, 0.1) is 0 Å². The summed E-state index contributed by atoms with van der Waals surface area (Å²) in [6.07, 6.45) is 0. The van der Waals surface area contributed by atoms with Crippen molar-refractivity contribution < 1.29 is 21.8 Å². The van der Waals surface area contributed by atoms with Crippen molar-refractivity contribution in [3.8, 4) is 0 Å². The van der Waals surface area contributed by atoms with E-state index in [1.807, 2.05) is 0 Å². The first-order valence-corrected chi connectivity index (χ1v) is 5.57. The van der Waals surface area contributed by atoms with Crippen molar-refractivity contribution in [2.45, 2.75) is 52.7 Å². The largest absolute Gasteiger partial charge is 0.427 e. The van der Waals surface area contributed by atoms with Gasteiger partial charge in [0, 0.05) is 0 Å². The molecule has 0 amide bonds. The third kappa shape index (κ3) is 8.43. The molecule has 0 aliphatic rings. The van der Waals surface area contributed by atoms with Crippen molar-refractivity contribution in [2.24, 2.45) is 0 Å². The lowest BCUT2D eigenvalue weighted by molar-refractivity contribution is -0.278. The molecule has 0 N–H and O–H groups in total. The maximum atomic E-state index is 11.1. The van der Waals surface area contributed by atoms with E-state index in [0.29, 0.717) is 0 Å². The standard InChI is InChI=1S/C8H18O5S/c1-7(2,3)11-13-14(9,10)12-8(4,5)6/h1-6H3. The quantitative estimate of drug-likeness (QED) is 0.542. The molecule has 0 saturated heterocycles. The van der Waals surface area contributed by atoms with Crippen LogP contribution in [0.4, 0.5) is 0 Å². The van der Waals surface area contributed by atoms with Crippen molar-refractivity contribution in [1.29, 1.82) is 0 Å². The van der Waals surface area contributed by atoms with Crippen LogP contribution in [-0.4, -0.2) is 19.6 Å². The van der Waals surface area contributed by atoms with Crippen LogP contribution in [0.2, 0.25) is 0 Å². The van der Waals surface area contributed by atoms with Crippen LogP contribution in [0.1, 0.15) is 41.5 Å². The van der Waals surface area contributed by atoms with Gasteiger partial charge in [0.05, 0.1) is 11.2 Å². The Hall–Kier alpha value is -0.170. The summed E-state index contributed by atoms with van der Waals surface area (Å²) in [4.78, 5) is 4.63. The zero-order chi connectivity index (χ0) is 11.6. The summed E-state index contributed by atoms with van der Waals surface area (Å²) in [7, 11) is -4.09. The van der Waals surface area contributed by atoms with Crippen LogP contribution in [-0.2, 0) is 23.8 Å². The van der Waals surface area contributed by atoms with Gasteiger partial charge in [-0.2, -0.15) is 8.42 Å². The second kappa shape index (κ2) is 4.14. The fraction of sp³-hybridized carbons (Fsp3) is 1.00. The zero-order valence-electron chi connectivity index (χ0n) is 9.45. The Bertz CT molecular complexity index is 267. The van der Waals surface area contributed by atoms with Crippen LogP contribution in [0.3, 0.4) is 0 Å². The predicted molar refractivity (Wildman–Crippen MR) is 51.7 cm³/mol. The van der Waals surface area contributed by atoms with Gasteiger partial charge in [-0.3, -0.25) is 0 Å². The zero-order valence-corrected chi connectivity index (χ0v) is 10.3. The molecule has 0 aromatic carbocycles. The molecule has 0 aliphatic carbocycles. The van der Waals surface area contributed by atoms with E-state index >= 15 is 0 Å². The van der Waals surface area contributed by atoms with Gasteiger partial charge in [-0.1, -0.05) is 4.33 Å². The monoisotopic (exact) mass is 226 g/mol. The van der Waals surface area contributed by atoms with Crippen molar-refractivity contribution in [3.63, 3.8) is 0 Å². The number of hydrogen-bond acceptors (Lipinski definition) is 5. The summed E-state index contributed by atoms with van der Waals surface area (Å²) in [6.45, 7) is 9.81. The molecule has 0 aliphatic heterocycles. The van der Waals surface area contributed by atoms with E-state index in [1.165, 1.54) is 0 Å². The Balaban J connectivity index is 4.25. The molecular formula is C8H18O5S. The molecule has 0 heterocycles. The van der Waals surface area contributed by atoms with E-state index in [-0.39, 0.29) is 0 Å². The molecule has 0 aromatic rings. The molecule has 0 spiro atoms. The molecule has 6 heteroatoms. The molecule has 0 aromatic heterocycles. The topological polar surface area (TPSA) is 61.8 Å². The normalized spacial score (nSPS) is 14.4. The Labute approximate surface area is 85.6 Å². The number of rotatable bonds is 3. The lowest BCUT2D eigenvalue weighted by Gasteiger charge is -2.20. The third-order valence-electron chi connectivity index (χ3n) is 0.719. The maximum absolute atomic E-state index is 11.1. The minimum Gasteiger partial charge on any atom is -0.241 e. The highest BCUT2D eigenvalue weighted by atomic mass is 32.3. The fourth-order valence-corrected chi connectivity index (χ4v) is 1.39. The van der Waals surface area contributed by atoms with Gasteiger partial charge in [-0.15, -0.1) is 0 Å². The van der Waals surface area contributed by atoms with E-state index in [1.54, 1.807) is 41.5 Å². The van der Waals surface area contributed by atoms with Crippen LogP contribution < -0.4 is 0 Å². The Morgan fingerprint density at radius 1 is 0.857 bits per heavy atom. The van der Waals surface area contributed by atoms with E-state index in [0.717, 1.165) is 0 Å². The minimum atomic E-state index is -4.09. The summed E-state index contributed by atoms with van der Waals surface area (Å²) >= 11 is 0. The smallest absolute Gasteiger partial charge is 0.241 e. The molecular weight excluding hydrogens is 208 g/mol. The summed E-state index contributed by atoms with van der Waals surface area (Å²) in [5.41, 5.74) is -1.53. The fourth-order valence-electron chi connectivity index (χ4n) is 0.464. The van der Waals surface area contributed by atoms with E-state index in [9.17, 15) is 8.42 Å². The number of hydrogen-bond donors (Lipinski definition) is 0. The summed E-state index contributed by atoms with van der Waals surface area (Å²) in [5, 5.41) is 0. The molecule has 86 valence electrons. The van der Waals surface area contributed by atoms with Gasteiger partial charge in [-0.25, -0.2) is 9.07 Å². The minimum absolute atomic E-state index is 0.700. The highest BCUT2D eigenvalue weighted by molar-refractivity contribution is 7.81. The van der Waals surface area contributed by atoms with Gasteiger partial charge in [0.15, 0.2) is 0 Å². The van der Waals surface area contributed by atoms with Gasteiger partial charge in [0.1, 0.15) is 0 Å². The first-order valence-electron chi connectivity index (χ1n) is 4.24. The average molecular weight is 226 g/mol. The predicted octanol–water partition coefficient (Wildman–Crippen LogP) is 1.79. The first-order chi connectivity index (χ1) is 5.91. The molecule has 0 unspecified atom stereocenters. The Kier molecular flexibility index (Phi) is 4.09. The van der Waals surface area contributed by atoms with Crippen molar-refractivity contribution in [2.75, 3.05) is 0 Å². The van der Waals surface area contributed by atoms with Crippen molar-refractivity contribution in [1.82, 2.24) is 0 Å². The molecule has 0 saturated carbocycles. The SMILES string of the molecule is CC(C)(C)OOS(=O)(=O)OC(C)(C)C. The van der Waals surface area contributed by atoms with E-state index < -0.39 is 21.6 Å². The summed E-state index contributed by atoms with van der Waals surface area (Å²) in [5.74, 6) is 0. The molecule has 0 bridgehead atoms. The highest BCUT2D eigenvalue weighted by Crippen LogP contribution is 2.16. The van der Waals surface area contributed by atoms with Gasteiger partial charge in [0.2, 0.25) is 0 Å². The Morgan fingerprint density at radius 3 is 1.57 bits per heavy atom. The molecule has 0 rings (SSSR count). The van der Waals surface area contributed by atoms with Crippen LogP contribution in [0.15, 0.2) is 0 Å². The van der Waals surface area contributed by atoms with E-state index in [2.05, 4.69) is 13.4 Å². The third-order valence-corrected chi connectivity index (χ3v) is 1.66. The average Bonchev–Trinajstić information content (AvgIpc) is 1.76. The molecule has 14 heavy (non-hydrogen) atoms.